The minimum atomic E-state index is -1.27. The number of carbonyl (C=O) groups is 1. The molecule has 1 aromatic carbocycles. The van der Waals surface area contributed by atoms with E-state index in [0.717, 1.165) is 5.56 Å². The highest BCUT2D eigenvalue weighted by molar-refractivity contribution is 5.82. The predicted octanol–water partition coefficient (Wildman–Crippen LogP) is 2.00. The van der Waals surface area contributed by atoms with Crippen molar-refractivity contribution in [3.8, 4) is 12.1 Å². The lowest BCUT2D eigenvalue weighted by molar-refractivity contribution is -0.145. The highest BCUT2D eigenvalue weighted by Crippen LogP contribution is 2.64. The number of rotatable bonds is 3. The summed E-state index contributed by atoms with van der Waals surface area (Å²) >= 11 is 0. The van der Waals surface area contributed by atoms with Crippen LogP contribution >= 0.6 is 0 Å². The van der Waals surface area contributed by atoms with Crippen LogP contribution in [0.3, 0.4) is 0 Å². The molecule has 0 saturated heterocycles. The smallest absolute Gasteiger partial charge is 0.312 e. The first-order chi connectivity index (χ1) is 8.71. The summed E-state index contributed by atoms with van der Waals surface area (Å²) in [5.41, 5.74) is -0.438. The maximum atomic E-state index is 11.8. The Morgan fingerprint density at radius 3 is 2.44 bits per heavy atom. The van der Waals surface area contributed by atoms with E-state index in [4.69, 9.17) is 4.74 Å². The second-order valence-electron chi connectivity index (χ2n) is 4.21. The number of hydrogen-bond donors (Lipinski definition) is 0. The second-order valence-corrected chi connectivity index (χ2v) is 4.21. The molecule has 0 aliphatic heterocycles. The SMILES string of the molecule is CCOC(=O)[C@H]1[C@H](c2ccccc2)C1(C#N)C#N. The van der Waals surface area contributed by atoms with E-state index in [0.29, 0.717) is 0 Å². The van der Waals surface area contributed by atoms with Crippen molar-refractivity contribution in [3.05, 3.63) is 35.9 Å². The fraction of sp³-hybridized carbons (Fsp3) is 0.357. The lowest BCUT2D eigenvalue weighted by Gasteiger charge is -1.99. The van der Waals surface area contributed by atoms with E-state index >= 15 is 0 Å². The average molecular weight is 240 g/mol. The molecule has 90 valence electrons. The Bertz CT molecular complexity index is 525. The number of ether oxygens (including phenoxy) is 1. The van der Waals surface area contributed by atoms with E-state index in [9.17, 15) is 15.3 Å². The molecule has 1 saturated carbocycles. The van der Waals surface area contributed by atoms with Crippen LogP contribution in [0.4, 0.5) is 0 Å². The highest BCUT2D eigenvalue weighted by atomic mass is 16.5. The van der Waals surface area contributed by atoms with Gasteiger partial charge in [-0.25, -0.2) is 0 Å². The van der Waals surface area contributed by atoms with Crippen molar-refractivity contribution in [1.29, 1.82) is 10.5 Å². The number of benzene rings is 1. The summed E-state index contributed by atoms with van der Waals surface area (Å²) in [7, 11) is 0. The Balaban J connectivity index is 2.34. The van der Waals surface area contributed by atoms with E-state index in [1.165, 1.54) is 0 Å². The van der Waals surface area contributed by atoms with Crippen LogP contribution in [0.5, 0.6) is 0 Å². The van der Waals surface area contributed by atoms with Crippen molar-refractivity contribution in [2.24, 2.45) is 11.3 Å². The van der Waals surface area contributed by atoms with Gasteiger partial charge in [0.25, 0.3) is 0 Å². The van der Waals surface area contributed by atoms with Crippen molar-refractivity contribution < 1.29 is 9.53 Å². The average Bonchev–Trinajstić information content (AvgIpc) is 3.09. The molecule has 18 heavy (non-hydrogen) atoms. The van der Waals surface area contributed by atoms with E-state index in [1.807, 2.05) is 42.5 Å². The van der Waals surface area contributed by atoms with Gasteiger partial charge in [0.15, 0.2) is 5.41 Å². The van der Waals surface area contributed by atoms with Crippen molar-refractivity contribution >= 4 is 5.97 Å². The summed E-state index contributed by atoms with van der Waals surface area (Å²) in [6, 6.07) is 13.1. The molecule has 0 spiro atoms. The molecular weight excluding hydrogens is 228 g/mol. The van der Waals surface area contributed by atoms with E-state index < -0.39 is 17.3 Å². The third kappa shape index (κ3) is 1.63. The second kappa shape index (κ2) is 4.50. The minimum Gasteiger partial charge on any atom is -0.466 e. The third-order valence-electron chi connectivity index (χ3n) is 3.27. The first kappa shape index (κ1) is 12.1. The molecule has 0 bridgehead atoms. The molecule has 0 unspecified atom stereocenters. The Hall–Kier alpha value is -2.33. The molecule has 1 aromatic rings. The molecule has 0 radical (unpaired) electrons. The fourth-order valence-corrected chi connectivity index (χ4v) is 2.36. The van der Waals surface area contributed by atoms with Crippen LogP contribution in [0.2, 0.25) is 0 Å². The van der Waals surface area contributed by atoms with Gasteiger partial charge in [0.2, 0.25) is 0 Å². The molecule has 2 atom stereocenters. The maximum absolute atomic E-state index is 11.8. The summed E-state index contributed by atoms with van der Waals surface area (Å²) in [5, 5.41) is 18.4. The van der Waals surface area contributed by atoms with Gasteiger partial charge in [-0.15, -0.1) is 0 Å². The van der Waals surface area contributed by atoms with Crippen LogP contribution in [-0.2, 0) is 9.53 Å². The van der Waals surface area contributed by atoms with Crippen LogP contribution in [0, 0.1) is 34.0 Å². The van der Waals surface area contributed by atoms with Gasteiger partial charge in [-0.1, -0.05) is 30.3 Å². The Labute approximate surface area is 105 Å². The number of nitriles is 2. The van der Waals surface area contributed by atoms with Crippen LogP contribution in [0.15, 0.2) is 30.3 Å². The van der Waals surface area contributed by atoms with Gasteiger partial charge in [-0.05, 0) is 12.5 Å². The number of esters is 1. The van der Waals surface area contributed by atoms with Gasteiger partial charge in [0.1, 0.15) is 0 Å². The fourth-order valence-electron chi connectivity index (χ4n) is 2.36. The molecule has 4 heteroatoms. The minimum absolute atomic E-state index is 0.254. The lowest BCUT2D eigenvalue weighted by Crippen LogP contribution is -2.11. The molecule has 4 nitrogen and oxygen atoms in total. The first-order valence-electron chi connectivity index (χ1n) is 5.75. The summed E-state index contributed by atoms with van der Waals surface area (Å²) in [5.74, 6) is -1.52. The standard InChI is InChI=1S/C14H12N2O2/c1-2-18-13(17)12-11(14(12,8-15)9-16)10-6-4-3-5-7-10/h3-7,11-12H,2H2,1H3/t11-,12+/m0/s1. The zero-order valence-electron chi connectivity index (χ0n) is 9.96. The van der Waals surface area contributed by atoms with E-state index in [1.54, 1.807) is 6.92 Å². The maximum Gasteiger partial charge on any atom is 0.312 e. The van der Waals surface area contributed by atoms with Gasteiger partial charge in [-0.3, -0.25) is 4.79 Å². The topological polar surface area (TPSA) is 73.9 Å². The number of hydrogen-bond acceptors (Lipinski definition) is 4. The molecule has 0 heterocycles. The van der Waals surface area contributed by atoms with Crippen LogP contribution < -0.4 is 0 Å². The van der Waals surface area contributed by atoms with Crippen molar-refractivity contribution in [3.63, 3.8) is 0 Å². The third-order valence-corrected chi connectivity index (χ3v) is 3.27. The predicted molar refractivity (Wildman–Crippen MR) is 63.0 cm³/mol. The molecule has 1 fully saturated rings. The molecule has 0 amide bonds. The Kier molecular flexibility index (Phi) is 3.04. The molecule has 1 aliphatic rings. The van der Waals surface area contributed by atoms with Crippen molar-refractivity contribution in [1.82, 2.24) is 0 Å². The normalized spacial score (nSPS) is 23.5. The van der Waals surface area contributed by atoms with Crippen molar-refractivity contribution in [2.45, 2.75) is 12.8 Å². The Morgan fingerprint density at radius 1 is 1.33 bits per heavy atom. The van der Waals surface area contributed by atoms with Crippen LogP contribution in [0.25, 0.3) is 0 Å². The molecule has 0 aromatic heterocycles. The quantitative estimate of drug-likeness (QED) is 0.757. The zero-order chi connectivity index (χ0) is 13.2. The number of nitrogens with zero attached hydrogens (tertiary/aromatic N) is 2. The number of carbonyl (C=O) groups excluding carboxylic acids is 1. The van der Waals surface area contributed by atoms with Crippen LogP contribution in [0.1, 0.15) is 18.4 Å². The van der Waals surface area contributed by atoms with E-state index in [-0.39, 0.29) is 12.5 Å². The lowest BCUT2D eigenvalue weighted by atomic mass is 10.0. The van der Waals surface area contributed by atoms with E-state index in [2.05, 4.69) is 0 Å². The van der Waals surface area contributed by atoms with Gasteiger partial charge >= 0.3 is 5.97 Å². The molecule has 2 rings (SSSR count). The monoisotopic (exact) mass is 240 g/mol. The van der Waals surface area contributed by atoms with Gasteiger partial charge in [-0.2, -0.15) is 10.5 Å². The van der Waals surface area contributed by atoms with Gasteiger partial charge in [0, 0.05) is 5.92 Å². The zero-order valence-corrected chi connectivity index (χ0v) is 9.96. The van der Waals surface area contributed by atoms with Crippen molar-refractivity contribution in [2.75, 3.05) is 6.61 Å². The summed E-state index contributed by atoms with van der Waals surface area (Å²) < 4.78 is 4.94. The summed E-state index contributed by atoms with van der Waals surface area (Å²) in [6.07, 6.45) is 0. The highest BCUT2D eigenvalue weighted by Gasteiger charge is 2.71. The molecular formula is C14H12N2O2. The first-order valence-corrected chi connectivity index (χ1v) is 5.75. The Morgan fingerprint density at radius 2 is 1.94 bits per heavy atom. The molecule has 0 N–H and O–H groups in total. The molecule has 1 aliphatic carbocycles. The van der Waals surface area contributed by atoms with Crippen LogP contribution in [-0.4, -0.2) is 12.6 Å². The summed E-state index contributed by atoms with van der Waals surface area (Å²) in [4.78, 5) is 11.8. The van der Waals surface area contributed by atoms with Gasteiger partial charge in [0.05, 0.1) is 24.7 Å². The summed E-state index contributed by atoms with van der Waals surface area (Å²) in [6.45, 7) is 1.96. The van der Waals surface area contributed by atoms with Gasteiger partial charge < -0.3 is 4.74 Å². The largest absolute Gasteiger partial charge is 0.466 e.